The van der Waals surface area contributed by atoms with Gasteiger partial charge in [0.25, 0.3) is 0 Å². The summed E-state index contributed by atoms with van der Waals surface area (Å²) in [5.74, 6) is 0. The van der Waals surface area contributed by atoms with Gasteiger partial charge in [-0.3, -0.25) is 0 Å². The van der Waals surface area contributed by atoms with Gasteiger partial charge in [-0.05, 0) is 5.56 Å². The van der Waals surface area contributed by atoms with Crippen molar-refractivity contribution >= 4 is 33.2 Å². The fourth-order valence-corrected chi connectivity index (χ4v) is 1.71. The molecule has 0 aliphatic carbocycles. The first-order chi connectivity index (χ1) is 6.20. The van der Waals surface area contributed by atoms with Gasteiger partial charge in [-0.25, -0.2) is 4.85 Å². The van der Waals surface area contributed by atoms with E-state index in [-0.39, 0.29) is 6.42 Å². The first-order valence-corrected chi connectivity index (χ1v) is 4.59. The minimum absolute atomic E-state index is 0.231. The molecule has 0 bridgehead atoms. The molecule has 4 heteroatoms. The van der Waals surface area contributed by atoms with Crippen LogP contribution >= 0.6 is 27.5 Å². The molecule has 0 N–H and O–H groups in total. The Morgan fingerprint density at radius 1 is 1.62 bits per heavy atom. The zero-order chi connectivity index (χ0) is 9.84. The lowest BCUT2D eigenvalue weighted by atomic mass is 10.1. The lowest BCUT2D eigenvalue weighted by Gasteiger charge is -2.02. The van der Waals surface area contributed by atoms with Crippen molar-refractivity contribution in [3.63, 3.8) is 0 Å². The average Bonchev–Trinajstić information content (AvgIpc) is 2.11. The van der Waals surface area contributed by atoms with Crippen molar-refractivity contribution in [1.29, 1.82) is 5.26 Å². The van der Waals surface area contributed by atoms with Crippen LogP contribution in [-0.2, 0) is 6.42 Å². The normalized spacial score (nSPS) is 8.92. The first kappa shape index (κ1) is 10.1. The third kappa shape index (κ3) is 2.01. The average molecular weight is 256 g/mol. The van der Waals surface area contributed by atoms with E-state index in [1.165, 1.54) is 0 Å². The molecule has 0 aliphatic heterocycles. The molecule has 0 saturated carbocycles. The van der Waals surface area contributed by atoms with Crippen LogP contribution in [0, 0.1) is 17.9 Å². The maximum absolute atomic E-state index is 8.48. The number of hydrogen-bond donors (Lipinski definition) is 0. The Hall–Kier alpha value is -1.03. The number of hydrogen-bond acceptors (Lipinski definition) is 1. The smallest absolute Gasteiger partial charge is 0.219 e. The minimum atomic E-state index is 0.231. The van der Waals surface area contributed by atoms with Crippen molar-refractivity contribution in [3.05, 3.63) is 38.6 Å². The van der Waals surface area contributed by atoms with E-state index in [9.17, 15) is 0 Å². The zero-order valence-corrected chi connectivity index (χ0v) is 8.85. The van der Waals surface area contributed by atoms with Crippen LogP contribution in [0.25, 0.3) is 4.85 Å². The van der Waals surface area contributed by atoms with Crippen LogP contribution in [0.4, 0.5) is 5.69 Å². The van der Waals surface area contributed by atoms with Crippen LogP contribution in [0.3, 0.4) is 0 Å². The lowest BCUT2D eigenvalue weighted by Crippen LogP contribution is -1.83. The molecule has 0 heterocycles. The molecule has 0 atom stereocenters. The Balaban J connectivity index is 3.31. The quantitative estimate of drug-likeness (QED) is 0.703. The molecule has 0 aromatic heterocycles. The van der Waals surface area contributed by atoms with Gasteiger partial charge in [-0.1, -0.05) is 39.7 Å². The fourth-order valence-electron chi connectivity index (χ4n) is 0.907. The lowest BCUT2D eigenvalue weighted by molar-refractivity contribution is 1.26. The highest BCUT2D eigenvalue weighted by Gasteiger charge is 2.09. The van der Waals surface area contributed by atoms with E-state index < -0.39 is 0 Å². The summed E-state index contributed by atoms with van der Waals surface area (Å²) >= 11 is 9.11. The molecule has 1 aromatic rings. The van der Waals surface area contributed by atoms with Gasteiger partial charge in [0.1, 0.15) is 0 Å². The molecule has 64 valence electrons. The number of rotatable bonds is 1. The Bertz CT molecular complexity index is 415. The molecule has 13 heavy (non-hydrogen) atoms. The number of benzene rings is 1. The Morgan fingerprint density at radius 3 is 2.85 bits per heavy atom. The topological polar surface area (TPSA) is 28.1 Å². The largest absolute Gasteiger partial charge is 0.235 e. The van der Waals surface area contributed by atoms with Crippen molar-refractivity contribution in [2.45, 2.75) is 6.42 Å². The summed E-state index contributed by atoms with van der Waals surface area (Å²) in [7, 11) is 0. The minimum Gasteiger partial charge on any atom is -0.235 e. The van der Waals surface area contributed by atoms with E-state index in [2.05, 4.69) is 20.8 Å². The van der Waals surface area contributed by atoms with Crippen LogP contribution in [0.2, 0.25) is 5.02 Å². The van der Waals surface area contributed by atoms with Crippen LogP contribution < -0.4 is 0 Å². The summed E-state index contributed by atoms with van der Waals surface area (Å²) in [5, 5.41) is 8.85. The molecule has 0 spiro atoms. The van der Waals surface area contributed by atoms with Crippen molar-refractivity contribution in [3.8, 4) is 6.07 Å². The zero-order valence-electron chi connectivity index (χ0n) is 6.51. The summed E-state index contributed by atoms with van der Waals surface area (Å²) < 4.78 is 0.661. The molecule has 0 aliphatic rings. The van der Waals surface area contributed by atoms with Gasteiger partial charge in [0.2, 0.25) is 5.69 Å². The van der Waals surface area contributed by atoms with Gasteiger partial charge < -0.3 is 0 Å². The van der Waals surface area contributed by atoms with Gasteiger partial charge in [0.15, 0.2) is 0 Å². The SMILES string of the molecule is [C-]#[N+]c1c(Br)ccc(CC#N)c1Cl. The number of halogens is 2. The Kier molecular flexibility index (Phi) is 3.31. The predicted octanol–water partition coefficient (Wildman–Crippen LogP) is 3.72. The monoisotopic (exact) mass is 254 g/mol. The maximum atomic E-state index is 8.48. The van der Waals surface area contributed by atoms with Crippen molar-refractivity contribution in [1.82, 2.24) is 0 Å². The summed E-state index contributed by atoms with van der Waals surface area (Å²) in [6.45, 7) is 6.88. The van der Waals surface area contributed by atoms with E-state index in [4.69, 9.17) is 23.4 Å². The molecular weight excluding hydrogens is 251 g/mol. The second-order valence-electron chi connectivity index (χ2n) is 2.32. The Labute approximate surface area is 89.7 Å². The van der Waals surface area contributed by atoms with E-state index in [1.54, 1.807) is 12.1 Å². The van der Waals surface area contributed by atoms with Crippen molar-refractivity contribution < 1.29 is 0 Å². The third-order valence-electron chi connectivity index (χ3n) is 1.53. The van der Waals surface area contributed by atoms with Crippen molar-refractivity contribution in [2.24, 2.45) is 0 Å². The Morgan fingerprint density at radius 2 is 2.31 bits per heavy atom. The van der Waals surface area contributed by atoms with E-state index in [0.29, 0.717) is 20.7 Å². The standard InChI is InChI=1S/C9H4BrClN2/c1-13-9-7(10)3-2-6(4-5-12)8(9)11/h2-3H,4H2. The fraction of sp³-hybridized carbons (Fsp3) is 0.111. The molecule has 1 aromatic carbocycles. The van der Waals surface area contributed by atoms with Crippen molar-refractivity contribution in [2.75, 3.05) is 0 Å². The molecule has 0 fully saturated rings. The van der Waals surface area contributed by atoms with Crippen LogP contribution in [0.15, 0.2) is 16.6 Å². The van der Waals surface area contributed by atoms with E-state index in [1.807, 2.05) is 6.07 Å². The van der Waals surface area contributed by atoms with Gasteiger partial charge >= 0.3 is 0 Å². The van der Waals surface area contributed by atoms with E-state index in [0.717, 1.165) is 0 Å². The number of nitriles is 1. The van der Waals surface area contributed by atoms with Crippen LogP contribution in [0.5, 0.6) is 0 Å². The van der Waals surface area contributed by atoms with Crippen LogP contribution in [0.1, 0.15) is 5.56 Å². The second-order valence-corrected chi connectivity index (χ2v) is 3.55. The van der Waals surface area contributed by atoms with Gasteiger partial charge in [-0.15, -0.1) is 0 Å². The van der Waals surface area contributed by atoms with Gasteiger partial charge in [-0.2, -0.15) is 5.26 Å². The summed E-state index contributed by atoms with van der Waals surface area (Å²) in [6.07, 6.45) is 0.231. The molecule has 0 radical (unpaired) electrons. The van der Waals surface area contributed by atoms with Gasteiger partial charge in [0, 0.05) is 4.47 Å². The molecule has 0 unspecified atom stereocenters. The highest BCUT2D eigenvalue weighted by molar-refractivity contribution is 9.10. The predicted molar refractivity (Wildman–Crippen MR) is 54.7 cm³/mol. The number of nitrogens with zero attached hydrogens (tertiary/aromatic N) is 2. The molecule has 0 saturated heterocycles. The third-order valence-corrected chi connectivity index (χ3v) is 2.59. The molecule has 2 nitrogen and oxygen atoms in total. The van der Waals surface area contributed by atoms with E-state index >= 15 is 0 Å². The second kappa shape index (κ2) is 4.28. The molecule has 1 rings (SSSR count). The van der Waals surface area contributed by atoms with Crippen LogP contribution in [-0.4, -0.2) is 0 Å². The summed E-state index contributed by atoms with van der Waals surface area (Å²) in [4.78, 5) is 3.27. The molecular formula is C9H4BrClN2. The molecule has 0 amide bonds. The maximum Gasteiger partial charge on any atom is 0.219 e. The summed E-state index contributed by atoms with van der Waals surface area (Å²) in [5.41, 5.74) is 1.06. The summed E-state index contributed by atoms with van der Waals surface area (Å²) in [6, 6.07) is 5.46. The highest BCUT2D eigenvalue weighted by Crippen LogP contribution is 2.35. The van der Waals surface area contributed by atoms with Gasteiger partial charge in [0.05, 0.1) is 24.1 Å². The first-order valence-electron chi connectivity index (χ1n) is 3.42. The highest BCUT2D eigenvalue weighted by atomic mass is 79.9.